The summed E-state index contributed by atoms with van der Waals surface area (Å²) >= 11 is 1.97. The molecule has 0 saturated carbocycles. The van der Waals surface area contributed by atoms with Crippen LogP contribution in [0.1, 0.15) is 41.8 Å². The maximum absolute atomic E-state index is 3.53. The molecule has 0 bridgehead atoms. The number of fused-ring (bicyclic) bond motifs is 2. The first kappa shape index (κ1) is 12.2. The zero-order chi connectivity index (χ0) is 12.7. The van der Waals surface area contributed by atoms with Crippen molar-refractivity contribution in [2.75, 3.05) is 0 Å². The lowest BCUT2D eigenvalue weighted by Crippen LogP contribution is -2.21. The summed E-state index contributed by atoms with van der Waals surface area (Å²) in [5.41, 5.74) is 4.66. The zero-order valence-electron chi connectivity index (χ0n) is 11.5. The van der Waals surface area contributed by atoms with Gasteiger partial charge in [-0.2, -0.15) is 0 Å². The van der Waals surface area contributed by atoms with E-state index in [0.29, 0.717) is 6.04 Å². The fourth-order valence-electron chi connectivity index (χ4n) is 2.80. The van der Waals surface area contributed by atoms with Gasteiger partial charge < -0.3 is 5.32 Å². The van der Waals surface area contributed by atoms with Gasteiger partial charge in [-0.25, -0.2) is 0 Å². The lowest BCUT2D eigenvalue weighted by atomic mass is 10.1. The number of nitrogens with one attached hydrogen (secondary N) is 1. The van der Waals surface area contributed by atoms with Gasteiger partial charge in [0, 0.05) is 22.2 Å². The Kier molecular flexibility index (Phi) is 3.16. The second-order valence-electron chi connectivity index (χ2n) is 5.66. The van der Waals surface area contributed by atoms with E-state index >= 15 is 0 Å². The third-order valence-electron chi connectivity index (χ3n) is 3.92. The number of hydrogen-bond donors (Lipinski definition) is 1. The number of hydrogen-bond acceptors (Lipinski definition) is 2. The van der Waals surface area contributed by atoms with Crippen LogP contribution in [-0.4, -0.2) is 6.04 Å². The van der Waals surface area contributed by atoms with Gasteiger partial charge in [0.1, 0.15) is 0 Å². The molecule has 0 radical (unpaired) electrons. The molecule has 0 saturated heterocycles. The molecule has 0 aliphatic heterocycles. The van der Waals surface area contributed by atoms with Gasteiger partial charge in [0.2, 0.25) is 0 Å². The maximum atomic E-state index is 3.53. The molecule has 96 valence electrons. The summed E-state index contributed by atoms with van der Waals surface area (Å²) < 4.78 is 1.48. The molecule has 0 spiro atoms. The van der Waals surface area contributed by atoms with Crippen LogP contribution in [0.5, 0.6) is 0 Å². The van der Waals surface area contributed by atoms with Gasteiger partial charge in [-0.3, -0.25) is 0 Å². The zero-order valence-corrected chi connectivity index (χ0v) is 12.3. The van der Waals surface area contributed by atoms with E-state index in [1.54, 1.807) is 11.1 Å². The van der Waals surface area contributed by atoms with Crippen molar-refractivity contribution >= 4 is 21.4 Å². The Labute approximate surface area is 113 Å². The molecule has 1 N–H and O–H groups in total. The van der Waals surface area contributed by atoms with Crippen LogP contribution in [-0.2, 0) is 19.4 Å². The average molecular weight is 259 g/mol. The van der Waals surface area contributed by atoms with Gasteiger partial charge in [0.15, 0.2) is 0 Å². The van der Waals surface area contributed by atoms with E-state index in [1.807, 2.05) is 11.3 Å². The van der Waals surface area contributed by atoms with Crippen LogP contribution in [0.15, 0.2) is 12.1 Å². The van der Waals surface area contributed by atoms with Crippen LogP contribution in [0.4, 0.5) is 0 Å². The number of rotatable bonds is 3. The fraction of sp³-hybridized carbons (Fsp3) is 0.500. The largest absolute Gasteiger partial charge is 0.310 e. The minimum absolute atomic E-state index is 0.555. The number of aryl methyl sites for hydroxylation is 3. The topological polar surface area (TPSA) is 12.0 Å². The summed E-state index contributed by atoms with van der Waals surface area (Å²) in [6.45, 7) is 7.69. The van der Waals surface area contributed by atoms with E-state index in [4.69, 9.17) is 0 Å². The SMILES string of the molecule is Cc1c(CNC(C)C)sc2cc3c(cc12)CCC3. The standard InChI is InChI=1S/C16H21NS/c1-10(2)17-9-16-11(3)14-7-12-5-4-6-13(12)8-15(14)18-16/h7-8,10,17H,4-6,9H2,1-3H3. The summed E-state index contributed by atoms with van der Waals surface area (Å²) in [5.74, 6) is 0. The smallest absolute Gasteiger partial charge is 0.0351 e. The third kappa shape index (κ3) is 2.08. The van der Waals surface area contributed by atoms with E-state index in [9.17, 15) is 0 Å². The molecule has 1 heterocycles. The van der Waals surface area contributed by atoms with Crippen LogP contribution in [0.25, 0.3) is 10.1 Å². The maximum Gasteiger partial charge on any atom is 0.0351 e. The second-order valence-corrected chi connectivity index (χ2v) is 6.79. The Morgan fingerprint density at radius 1 is 1.22 bits per heavy atom. The monoisotopic (exact) mass is 259 g/mol. The molecule has 1 aliphatic rings. The van der Waals surface area contributed by atoms with E-state index in [-0.39, 0.29) is 0 Å². The van der Waals surface area contributed by atoms with Crippen molar-refractivity contribution in [1.82, 2.24) is 5.32 Å². The van der Waals surface area contributed by atoms with Gasteiger partial charge >= 0.3 is 0 Å². The van der Waals surface area contributed by atoms with E-state index in [2.05, 4.69) is 38.2 Å². The van der Waals surface area contributed by atoms with E-state index < -0.39 is 0 Å². The lowest BCUT2D eigenvalue weighted by molar-refractivity contribution is 0.592. The van der Waals surface area contributed by atoms with Crippen molar-refractivity contribution in [3.05, 3.63) is 33.7 Å². The predicted molar refractivity (Wildman–Crippen MR) is 80.6 cm³/mol. The molecule has 1 aliphatic carbocycles. The van der Waals surface area contributed by atoms with Gasteiger partial charge in [-0.05, 0) is 60.4 Å². The molecule has 1 nitrogen and oxygen atoms in total. The summed E-state index contributed by atoms with van der Waals surface area (Å²) in [6, 6.07) is 5.44. The summed E-state index contributed by atoms with van der Waals surface area (Å²) in [4.78, 5) is 1.50. The quantitative estimate of drug-likeness (QED) is 0.871. The van der Waals surface area contributed by atoms with E-state index in [1.165, 1.54) is 39.8 Å². The Morgan fingerprint density at radius 2 is 1.94 bits per heavy atom. The van der Waals surface area contributed by atoms with Crippen LogP contribution in [0.3, 0.4) is 0 Å². The molecule has 18 heavy (non-hydrogen) atoms. The number of thiophene rings is 1. The Morgan fingerprint density at radius 3 is 2.67 bits per heavy atom. The molecule has 2 heteroatoms. The molecule has 0 fully saturated rings. The van der Waals surface area contributed by atoms with Crippen LogP contribution < -0.4 is 5.32 Å². The number of benzene rings is 1. The van der Waals surface area contributed by atoms with Crippen LogP contribution in [0, 0.1) is 6.92 Å². The van der Waals surface area contributed by atoms with Crippen molar-refractivity contribution < 1.29 is 0 Å². The molecule has 1 aromatic carbocycles. The third-order valence-corrected chi connectivity index (χ3v) is 5.17. The van der Waals surface area contributed by atoms with E-state index in [0.717, 1.165) is 6.54 Å². The van der Waals surface area contributed by atoms with Crippen molar-refractivity contribution in [1.29, 1.82) is 0 Å². The molecule has 1 aromatic heterocycles. The van der Waals surface area contributed by atoms with Gasteiger partial charge in [-0.1, -0.05) is 13.8 Å². The average Bonchev–Trinajstić information content (AvgIpc) is 2.89. The second kappa shape index (κ2) is 4.67. The fourth-order valence-corrected chi connectivity index (χ4v) is 4.01. The van der Waals surface area contributed by atoms with Crippen molar-refractivity contribution in [3.63, 3.8) is 0 Å². The highest BCUT2D eigenvalue weighted by atomic mass is 32.1. The van der Waals surface area contributed by atoms with Gasteiger partial charge in [-0.15, -0.1) is 11.3 Å². The molecule has 2 aromatic rings. The minimum atomic E-state index is 0.555. The van der Waals surface area contributed by atoms with Gasteiger partial charge in [0.25, 0.3) is 0 Å². The normalized spacial score (nSPS) is 14.7. The molecule has 0 atom stereocenters. The highest BCUT2D eigenvalue weighted by Crippen LogP contribution is 2.35. The minimum Gasteiger partial charge on any atom is -0.310 e. The first-order valence-electron chi connectivity index (χ1n) is 6.92. The Balaban J connectivity index is 2.00. The molecule has 3 rings (SSSR count). The van der Waals surface area contributed by atoms with Crippen molar-refractivity contribution in [2.45, 2.75) is 52.6 Å². The van der Waals surface area contributed by atoms with Crippen molar-refractivity contribution in [2.24, 2.45) is 0 Å². The highest BCUT2D eigenvalue weighted by molar-refractivity contribution is 7.19. The summed E-state index contributed by atoms with van der Waals surface area (Å²) in [7, 11) is 0. The van der Waals surface area contributed by atoms with Gasteiger partial charge in [0.05, 0.1) is 0 Å². The van der Waals surface area contributed by atoms with Crippen molar-refractivity contribution in [3.8, 4) is 0 Å². The lowest BCUT2D eigenvalue weighted by Gasteiger charge is -2.06. The summed E-state index contributed by atoms with van der Waals surface area (Å²) in [5, 5.41) is 5.02. The predicted octanol–water partition coefficient (Wildman–Crippen LogP) is 4.20. The first-order chi connectivity index (χ1) is 8.65. The molecule has 0 unspecified atom stereocenters. The highest BCUT2D eigenvalue weighted by Gasteiger charge is 2.15. The molecular formula is C16H21NS. The van der Waals surface area contributed by atoms with Crippen LogP contribution >= 0.6 is 11.3 Å². The van der Waals surface area contributed by atoms with Crippen LogP contribution in [0.2, 0.25) is 0 Å². The molecule has 0 amide bonds. The first-order valence-corrected chi connectivity index (χ1v) is 7.74. The summed E-state index contributed by atoms with van der Waals surface area (Å²) in [6.07, 6.45) is 3.90. The Hall–Kier alpha value is -0.860. The molecular weight excluding hydrogens is 238 g/mol. The Bertz CT molecular complexity index is 580.